The Balaban J connectivity index is 1.49. The van der Waals surface area contributed by atoms with E-state index in [0.717, 1.165) is 37.7 Å². The number of hydrogen-bond acceptors (Lipinski definition) is 3. The van der Waals surface area contributed by atoms with Crippen LogP contribution < -0.4 is 0 Å². The maximum atomic E-state index is 13.1. The second-order valence-corrected chi connectivity index (χ2v) is 8.63. The van der Waals surface area contributed by atoms with Crippen molar-refractivity contribution >= 4 is 21.9 Å². The molecule has 1 aromatic rings. The van der Waals surface area contributed by atoms with Gasteiger partial charge in [-0.05, 0) is 62.5 Å². The highest BCUT2D eigenvalue weighted by atomic mass is 79.9. The highest BCUT2D eigenvalue weighted by molar-refractivity contribution is 9.10. The summed E-state index contributed by atoms with van der Waals surface area (Å²) in [5, 5.41) is 10.7. The van der Waals surface area contributed by atoms with Gasteiger partial charge in [-0.1, -0.05) is 22.0 Å². The minimum atomic E-state index is -0.667. The lowest BCUT2D eigenvalue weighted by molar-refractivity contribution is -0.197. The molecule has 0 aromatic heterocycles. The van der Waals surface area contributed by atoms with Crippen molar-refractivity contribution in [1.82, 2.24) is 0 Å². The number of carbonyl (C=O) groups is 1. The Morgan fingerprint density at radius 3 is 2.61 bits per heavy atom. The zero-order chi connectivity index (χ0) is 16.2. The van der Waals surface area contributed by atoms with Gasteiger partial charge in [-0.2, -0.15) is 0 Å². The lowest BCUT2D eigenvalue weighted by Crippen LogP contribution is -2.58. The topological polar surface area (TPSA) is 46.5 Å². The van der Waals surface area contributed by atoms with Crippen molar-refractivity contribution < 1.29 is 19.0 Å². The molecule has 2 atom stereocenters. The van der Waals surface area contributed by atoms with Crippen molar-refractivity contribution in [2.75, 3.05) is 0 Å². The molecule has 4 aliphatic rings. The largest absolute Gasteiger partial charge is 0.460 e. The molecule has 4 fully saturated rings. The van der Waals surface area contributed by atoms with E-state index in [4.69, 9.17) is 4.74 Å². The van der Waals surface area contributed by atoms with Gasteiger partial charge in [-0.25, -0.2) is 4.39 Å². The number of rotatable bonds is 3. The Kier molecular flexibility index (Phi) is 3.58. The molecule has 4 aliphatic carbocycles. The maximum absolute atomic E-state index is 13.1. The molecule has 4 saturated carbocycles. The van der Waals surface area contributed by atoms with Gasteiger partial charge in [-0.15, -0.1) is 0 Å². The number of aliphatic hydroxyl groups is 1. The molecule has 23 heavy (non-hydrogen) atoms. The summed E-state index contributed by atoms with van der Waals surface area (Å²) < 4.78 is 19.3. The van der Waals surface area contributed by atoms with E-state index in [-0.39, 0.29) is 18.4 Å². The molecule has 1 aromatic carbocycles. The minimum Gasteiger partial charge on any atom is -0.460 e. The molecular formula is C18H20BrFO3. The monoisotopic (exact) mass is 382 g/mol. The molecule has 0 aliphatic heterocycles. The molecule has 0 radical (unpaired) electrons. The Bertz CT molecular complexity index is 646. The summed E-state index contributed by atoms with van der Waals surface area (Å²) in [6.45, 7) is 0.134. The Morgan fingerprint density at radius 2 is 2.00 bits per heavy atom. The third kappa shape index (κ3) is 2.72. The standard InChI is InChI=1S/C18H20BrFO3/c19-15-4-14(20)2-1-13(15)9-23-16(21)17-5-11-3-12(6-17)8-18(22,7-11)10-17/h1-2,4,11-12,22H,3,5-10H2. The number of esters is 1. The molecule has 5 heteroatoms. The van der Waals surface area contributed by atoms with Crippen molar-refractivity contribution in [2.24, 2.45) is 17.3 Å². The molecule has 0 spiro atoms. The number of benzene rings is 1. The van der Waals surface area contributed by atoms with Crippen molar-refractivity contribution in [3.63, 3.8) is 0 Å². The van der Waals surface area contributed by atoms with E-state index in [1.54, 1.807) is 6.07 Å². The van der Waals surface area contributed by atoms with Crippen LogP contribution in [0, 0.1) is 23.1 Å². The predicted octanol–water partition coefficient (Wildman–Crippen LogP) is 3.96. The first-order valence-corrected chi connectivity index (χ1v) is 9.00. The second-order valence-electron chi connectivity index (χ2n) is 7.78. The van der Waals surface area contributed by atoms with Crippen molar-refractivity contribution in [1.29, 1.82) is 0 Å². The van der Waals surface area contributed by atoms with Gasteiger partial charge in [0.15, 0.2) is 0 Å². The van der Waals surface area contributed by atoms with E-state index in [0.29, 0.717) is 22.7 Å². The molecule has 5 rings (SSSR count). The summed E-state index contributed by atoms with van der Waals surface area (Å²) in [5.74, 6) is 0.384. The summed E-state index contributed by atoms with van der Waals surface area (Å²) in [6, 6.07) is 4.36. The average Bonchev–Trinajstić information content (AvgIpc) is 2.43. The summed E-state index contributed by atoms with van der Waals surface area (Å²) in [5.41, 5.74) is -0.423. The summed E-state index contributed by atoms with van der Waals surface area (Å²) in [7, 11) is 0. The summed E-state index contributed by atoms with van der Waals surface area (Å²) in [6.07, 6.45) is 5.03. The first-order chi connectivity index (χ1) is 10.9. The van der Waals surface area contributed by atoms with Crippen LogP contribution in [0.25, 0.3) is 0 Å². The van der Waals surface area contributed by atoms with Gasteiger partial charge in [0.05, 0.1) is 11.0 Å². The van der Waals surface area contributed by atoms with Gasteiger partial charge in [0.1, 0.15) is 12.4 Å². The molecule has 0 heterocycles. The SMILES string of the molecule is O=C(OCc1ccc(F)cc1Br)C12CC3CC(CC(O)(C3)C1)C2. The first kappa shape index (κ1) is 15.6. The summed E-state index contributed by atoms with van der Waals surface area (Å²) in [4.78, 5) is 12.8. The van der Waals surface area contributed by atoms with Crippen molar-refractivity contribution in [2.45, 2.75) is 50.7 Å². The van der Waals surface area contributed by atoms with Crippen molar-refractivity contribution in [3.8, 4) is 0 Å². The smallest absolute Gasteiger partial charge is 0.312 e. The number of halogens is 2. The number of ether oxygens (including phenoxy) is 1. The Morgan fingerprint density at radius 1 is 1.30 bits per heavy atom. The van der Waals surface area contributed by atoms with Gasteiger partial charge < -0.3 is 9.84 Å². The fourth-order valence-corrected chi connectivity index (χ4v) is 5.85. The van der Waals surface area contributed by atoms with E-state index in [2.05, 4.69) is 15.9 Å². The molecule has 1 N–H and O–H groups in total. The Hall–Kier alpha value is -0.940. The van der Waals surface area contributed by atoms with E-state index in [1.807, 2.05) is 0 Å². The molecule has 2 unspecified atom stereocenters. The fourth-order valence-electron chi connectivity index (χ4n) is 5.39. The maximum Gasteiger partial charge on any atom is 0.312 e. The van der Waals surface area contributed by atoms with Gasteiger partial charge >= 0.3 is 5.97 Å². The van der Waals surface area contributed by atoms with Crippen LogP contribution in [-0.4, -0.2) is 16.7 Å². The van der Waals surface area contributed by atoms with E-state index in [1.165, 1.54) is 12.1 Å². The predicted molar refractivity (Wildman–Crippen MR) is 86.0 cm³/mol. The number of carbonyl (C=O) groups excluding carboxylic acids is 1. The molecule has 3 nitrogen and oxygen atoms in total. The molecule has 4 bridgehead atoms. The zero-order valence-corrected chi connectivity index (χ0v) is 14.4. The van der Waals surface area contributed by atoms with Crippen LogP contribution in [0.4, 0.5) is 4.39 Å². The van der Waals surface area contributed by atoms with Crippen LogP contribution in [-0.2, 0) is 16.1 Å². The van der Waals surface area contributed by atoms with Crippen molar-refractivity contribution in [3.05, 3.63) is 34.1 Å². The molecule has 124 valence electrons. The van der Waals surface area contributed by atoms with E-state index < -0.39 is 11.0 Å². The van der Waals surface area contributed by atoms with Crippen LogP contribution in [0.2, 0.25) is 0 Å². The number of hydrogen-bond donors (Lipinski definition) is 1. The summed E-state index contributed by atoms with van der Waals surface area (Å²) >= 11 is 3.30. The Labute approximate surface area is 143 Å². The van der Waals surface area contributed by atoms with Crippen LogP contribution in [0.3, 0.4) is 0 Å². The minimum absolute atomic E-state index is 0.134. The van der Waals surface area contributed by atoms with Crippen LogP contribution >= 0.6 is 15.9 Å². The molecule has 0 amide bonds. The quantitative estimate of drug-likeness (QED) is 0.804. The molecule has 0 saturated heterocycles. The van der Waals surface area contributed by atoms with Crippen LogP contribution in [0.15, 0.2) is 22.7 Å². The van der Waals surface area contributed by atoms with Crippen LogP contribution in [0.5, 0.6) is 0 Å². The van der Waals surface area contributed by atoms with E-state index in [9.17, 15) is 14.3 Å². The third-order valence-corrected chi connectivity index (χ3v) is 6.58. The fraction of sp³-hybridized carbons (Fsp3) is 0.611. The van der Waals surface area contributed by atoms with Gasteiger partial charge in [0.2, 0.25) is 0 Å². The lowest BCUT2D eigenvalue weighted by atomic mass is 9.48. The second kappa shape index (κ2) is 5.28. The molecular weight excluding hydrogens is 363 g/mol. The van der Waals surface area contributed by atoms with Gasteiger partial charge in [0, 0.05) is 10.0 Å². The average molecular weight is 383 g/mol. The van der Waals surface area contributed by atoms with E-state index >= 15 is 0 Å². The lowest BCUT2D eigenvalue weighted by Gasteiger charge is -2.58. The highest BCUT2D eigenvalue weighted by Gasteiger charge is 2.60. The zero-order valence-electron chi connectivity index (χ0n) is 12.9. The van der Waals surface area contributed by atoms with Crippen LogP contribution in [0.1, 0.15) is 44.1 Å². The van der Waals surface area contributed by atoms with Gasteiger partial charge in [-0.3, -0.25) is 4.79 Å². The normalized spacial score (nSPS) is 37.9. The third-order valence-electron chi connectivity index (χ3n) is 5.84. The van der Waals surface area contributed by atoms with Gasteiger partial charge in [0.25, 0.3) is 0 Å². The first-order valence-electron chi connectivity index (χ1n) is 8.21. The highest BCUT2D eigenvalue weighted by Crippen LogP contribution is 2.62.